The van der Waals surface area contributed by atoms with Crippen molar-refractivity contribution in [3.05, 3.63) is 0 Å². The first-order chi connectivity index (χ1) is 8.77. The van der Waals surface area contributed by atoms with E-state index < -0.39 is 0 Å². The summed E-state index contributed by atoms with van der Waals surface area (Å²) in [5, 5.41) is 3.43. The quantitative estimate of drug-likeness (QED) is 0.813. The van der Waals surface area contributed by atoms with Gasteiger partial charge in [-0.2, -0.15) is 0 Å². The molecule has 0 amide bonds. The fraction of sp³-hybridized carbons (Fsp3) is 1.00. The first-order valence-corrected chi connectivity index (χ1v) is 7.80. The van der Waals surface area contributed by atoms with Gasteiger partial charge in [0.1, 0.15) is 0 Å². The van der Waals surface area contributed by atoms with E-state index in [9.17, 15) is 0 Å². The van der Waals surface area contributed by atoms with Crippen LogP contribution in [0.15, 0.2) is 0 Å². The van der Waals surface area contributed by atoms with E-state index in [1.54, 1.807) is 0 Å². The molecule has 106 valence electrons. The number of hydrogen-bond donors (Lipinski definition) is 1. The van der Waals surface area contributed by atoms with Crippen molar-refractivity contribution in [2.75, 3.05) is 39.4 Å². The minimum absolute atomic E-state index is 0.759. The van der Waals surface area contributed by atoms with Crippen molar-refractivity contribution < 1.29 is 4.74 Å². The van der Waals surface area contributed by atoms with Crippen LogP contribution in [0.2, 0.25) is 0 Å². The van der Waals surface area contributed by atoms with E-state index in [1.807, 2.05) is 0 Å². The fourth-order valence-corrected chi connectivity index (χ4v) is 3.33. The zero-order chi connectivity index (χ0) is 12.8. The molecule has 3 nitrogen and oxygen atoms in total. The van der Waals surface area contributed by atoms with Crippen LogP contribution in [0.5, 0.6) is 0 Å². The summed E-state index contributed by atoms with van der Waals surface area (Å²) in [4.78, 5) is 2.65. The predicted octanol–water partition coefficient (Wildman–Crippen LogP) is 2.12. The average molecular weight is 254 g/mol. The van der Waals surface area contributed by atoms with Crippen LogP contribution in [0.25, 0.3) is 0 Å². The highest BCUT2D eigenvalue weighted by Crippen LogP contribution is 2.27. The molecule has 0 radical (unpaired) electrons. The van der Waals surface area contributed by atoms with Crippen LogP contribution in [-0.2, 0) is 4.74 Å². The number of nitrogens with zero attached hydrogens (tertiary/aromatic N) is 1. The third-order valence-electron chi connectivity index (χ3n) is 4.89. The van der Waals surface area contributed by atoms with E-state index in [4.69, 9.17) is 4.74 Å². The molecular formula is C15H30N2O. The third-order valence-corrected chi connectivity index (χ3v) is 4.89. The predicted molar refractivity (Wildman–Crippen MR) is 75.8 cm³/mol. The Morgan fingerprint density at radius 1 is 1.11 bits per heavy atom. The lowest BCUT2D eigenvalue weighted by atomic mass is 9.83. The molecule has 0 aromatic carbocycles. The van der Waals surface area contributed by atoms with Gasteiger partial charge in [0, 0.05) is 45.4 Å². The van der Waals surface area contributed by atoms with E-state index in [2.05, 4.69) is 24.1 Å². The zero-order valence-electron chi connectivity index (χ0n) is 12.2. The Balaban J connectivity index is 1.66. The molecule has 0 spiro atoms. The molecule has 1 unspecified atom stereocenters. The molecule has 0 saturated carbocycles. The summed E-state index contributed by atoms with van der Waals surface area (Å²) in [6.45, 7) is 11.6. The van der Waals surface area contributed by atoms with Crippen LogP contribution in [0.4, 0.5) is 0 Å². The molecule has 0 aliphatic carbocycles. The number of nitrogens with one attached hydrogen (secondary N) is 1. The van der Waals surface area contributed by atoms with Crippen LogP contribution < -0.4 is 5.32 Å². The second-order valence-corrected chi connectivity index (χ2v) is 6.14. The van der Waals surface area contributed by atoms with E-state index >= 15 is 0 Å². The number of hydrogen-bond acceptors (Lipinski definition) is 3. The van der Waals surface area contributed by atoms with Gasteiger partial charge in [-0.1, -0.05) is 6.92 Å². The van der Waals surface area contributed by atoms with Gasteiger partial charge in [0.05, 0.1) is 0 Å². The van der Waals surface area contributed by atoms with E-state index in [1.165, 1.54) is 51.9 Å². The van der Waals surface area contributed by atoms with Crippen LogP contribution >= 0.6 is 0 Å². The topological polar surface area (TPSA) is 24.5 Å². The summed E-state index contributed by atoms with van der Waals surface area (Å²) in [6.07, 6.45) is 5.31. The lowest BCUT2D eigenvalue weighted by Gasteiger charge is -2.34. The van der Waals surface area contributed by atoms with Crippen molar-refractivity contribution in [1.82, 2.24) is 10.2 Å². The average Bonchev–Trinajstić information content (AvgIpc) is 2.46. The summed E-state index contributed by atoms with van der Waals surface area (Å²) in [5.74, 6) is 1.79. The summed E-state index contributed by atoms with van der Waals surface area (Å²) in [5.41, 5.74) is 0. The molecule has 0 aromatic rings. The van der Waals surface area contributed by atoms with E-state index in [-0.39, 0.29) is 0 Å². The Morgan fingerprint density at radius 2 is 1.78 bits per heavy atom. The first-order valence-electron chi connectivity index (χ1n) is 7.80. The Labute approximate surface area is 112 Å². The third kappa shape index (κ3) is 4.22. The minimum Gasteiger partial charge on any atom is -0.381 e. The Hall–Kier alpha value is -0.120. The molecule has 2 fully saturated rings. The highest BCUT2D eigenvalue weighted by atomic mass is 16.5. The molecule has 1 N–H and O–H groups in total. The fourth-order valence-electron chi connectivity index (χ4n) is 3.33. The maximum Gasteiger partial charge on any atom is 0.0468 e. The standard InChI is InChI=1S/C15H30N2O/c1-13(15-5-11-18-12-6-15)3-4-14(2)17-9-7-16-8-10-17/h13-16H,3-12H2,1-2H3/t13?,14-/m0/s1. The molecule has 0 aromatic heterocycles. The van der Waals surface area contributed by atoms with Gasteiger partial charge in [-0.15, -0.1) is 0 Å². The van der Waals surface area contributed by atoms with Gasteiger partial charge in [-0.25, -0.2) is 0 Å². The Morgan fingerprint density at radius 3 is 2.44 bits per heavy atom. The van der Waals surface area contributed by atoms with Gasteiger partial charge >= 0.3 is 0 Å². The maximum absolute atomic E-state index is 5.46. The van der Waals surface area contributed by atoms with Crippen LogP contribution in [0, 0.1) is 11.8 Å². The van der Waals surface area contributed by atoms with Crippen LogP contribution in [0.1, 0.15) is 39.5 Å². The van der Waals surface area contributed by atoms with Crippen LogP contribution in [0.3, 0.4) is 0 Å². The molecule has 2 aliphatic rings. The van der Waals surface area contributed by atoms with Crippen molar-refractivity contribution in [2.45, 2.75) is 45.6 Å². The highest BCUT2D eigenvalue weighted by molar-refractivity contribution is 4.76. The van der Waals surface area contributed by atoms with Gasteiger partial charge < -0.3 is 10.1 Å². The van der Waals surface area contributed by atoms with Crippen molar-refractivity contribution in [1.29, 1.82) is 0 Å². The smallest absolute Gasteiger partial charge is 0.0468 e. The minimum atomic E-state index is 0.759. The molecule has 3 heteroatoms. The number of ether oxygens (including phenoxy) is 1. The van der Waals surface area contributed by atoms with Gasteiger partial charge in [0.2, 0.25) is 0 Å². The summed E-state index contributed by atoms with van der Waals surface area (Å²) in [7, 11) is 0. The molecule has 2 saturated heterocycles. The van der Waals surface area contributed by atoms with Gasteiger partial charge in [-0.3, -0.25) is 4.90 Å². The molecule has 0 bridgehead atoms. The van der Waals surface area contributed by atoms with Crippen molar-refractivity contribution in [2.24, 2.45) is 11.8 Å². The highest BCUT2D eigenvalue weighted by Gasteiger charge is 2.22. The summed E-state index contributed by atoms with van der Waals surface area (Å²) in [6, 6.07) is 0.759. The molecule has 2 atom stereocenters. The molecule has 2 aliphatic heterocycles. The number of piperazine rings is 1. The van der Waals surface area contributed by atoms with E-state index in [0.717, 1.165) is 31.1 Å². The lowest BCUT2D eigenvalue weighted by molar-refractivity contribution is 0.0460. The Bertz CT molecular complexity index is 199. The van der Waals surface area contributed by atoms with Crippen LogP contribution in [-0.4, -0.2) is 50.3 Å². The zero-order valence-corrected chi connectivity index (χ0v) is 12.2. The second-order valence-electron chi connectivity index (χ2n) is 6.14. The normalized spacial score (nSPS) is 27.0. The van der Waals surface area contributed by atoms with Crippen molar-refractivity contribution in [3.8, 4) is 0 Å². The van der Waals surface area contributed by atoms with Gasteiger partial charge in [0.25, 0.3) is 0 Å². The SMILES string of the molecule is CC(CC[C@H](C)N1CCNCC1)C1CCOCC1. The monoisotopic (exact) mass is 254 g/mol. The van der Waals surface area contributed by atoms with Crippen molar-refractivity contribution >= 4 is 0 Å². The second kappa shape index (κ2) is 7.46. The number of rotatable bonds is 5. The largest absolute Gasteiger partial charge is 0.381 e. The molecule has 2 rings (SSSR count). The first kappa shape index (κ1) is 14.3. The molecule has 18 heavy (non-hydrogen) atoms. The summed E-state index contributed by atoms with van der Waals surface area (Å²) >= 11 is 0. The summed E-state index contributed by atoms with van der Waals surface area (Å²) < 4.78 is 5.46. The molecular weight excluding hydrogens is 224 g/mol. The van der Waals surface area contributed by atoms with Crippen molar-refractivity contribution in [3.63, 3.8) is 0 Å². The maximum atomic E-state index is 5.46. The lowest BCUT2D eigenvalue weighted by Crippen LogP contribution is -2.47. The van der Waals surface area contributed by atoms with Gasteiger partial charge in [0.15, 0.2) is 0 Å². The van der Waals surface area contributed by atoms with Gasteiger partial charge in [-0.05, 0) is 44.4 Å². The Kier molecular flexibility index (Phi) is 5.93. The molecule has 2 heterocycles. The van der Waals surface area contributed by atoms with E-state index in [0.29, 0.717) is 0 Å².